The topological polar surface area (TPSA) is 21.3 Å². The first-order chi connectivity index (χ1) is 10.0. The SMILES string of the molecule is CNC(Cc1cc(Br)ccc1OC)c1cc(Cl)ccc1Br. The monoisotopic (exact) mass is 431 g/mol. The molecule has 0 saturated carbocycles. The summed E-state index contributed by atoms with van der Waals surface area (Å²) in [6, 6.07) is 12.0. The molecular formula is C16H16Br2ClNO. The van der Waals surface area contributed by atoms with Gasteiger partial charge < -0.3 is 10.1 Å². The van der Waals surface area contributed by atoms with Crippen molar-refractivity contribution in [2.45, 2.75) is 12.5 Å². The summed E-state index contributed by atoms with van der Waals surface area (Å²) < 4.78 is 7.53. The Kier molecular flexibility index (Phi) is 6.11. The van der Waals surface area contributed by atoms with Gasteiger partial charge in [-0.2, -0.15) is 0 Å². The first-order valence-corrected chi connectivity index (χ1v) is 8.46. The van der Waals surface area contributed by atoms with E-state index >= 15 is 0 Å². The predicted molar refractivity (Wildman–Crippen MR) is 95.4 cm³/mol. The maximum Gasteiger partial charge on any atom is 0.122 e. The summed E-state index contributed by atoms with van der Waals surface area (Å²) in [7, 11) is 3.64. The number of rotatable bonds is 5. The third-order valence-electron chi connectivity index (χ3n) is 3.35. The first-order valence-electron chi connectivity index (χ1n) is 6.49. The molecule has 0 aromatic heterocycles. The highest BCUT2D eigenvalue weighted by Gasteiger charge is 2.16. The van der Waals surface area contributed by atoms with Gasteiger partial charge in [-0.05, 0) is 61.0 Å². The van der Waals surface area contributed by atoms with Crippen LogP contribution < -0.4 is 10.1 Å². The summed E-state index contributed by atoms with van der Waals surface area (Å²) in [5.41, 5.74) is 2.27. The van der Waals surface area contributed by atoms with Crippen LogP contribution in [0.3, 0.4) is 0 Å². The van der Waals surface area contributed by atoms with Crippen molar-refractivity contribution in [2.24, 2.45) is 0 Å². The van der Waals surface area contributed by atoms with E-state index in [1.165, 1.54) is 0 Å². The summed E-state index contributed by atoms with van der Waals surface area (Å²) >= 11 is 13.2. The molecule has 0 fully saturated rings. The molecule has 2 rings (SSSR count). The van der Waals surface area contributed by atoms with E-state index in [9.17, 15) is 0 Å². The van der Waals surface area contributed by atoms with Crippen molar-refractivity contribution in [3.8, 4) is 5.75 Å². The molecule has 0 aliphatic rings. The van der Waals surface area contributed by atoms with E-state index in [4.69, 9.17) is 16.3 Å². The fourth-order valence-electron chi connectivity index (χ4n) is 2.28. The quantitative estimate of drug-likeness (QED) is 0.684. The van der Waals surface area contributed by atoms with Crippen LogP contribution in [-0.2, 0) is 6.42 Å². The van der Waals surface area contributed by atoms with E-state index < -0.39 is 0 Å². The fraction of sp³-hybridized carbons (Fsp3) is 0.250. The lowest BCUT2D eigenvalue weighted by atomic mass is 9.98. The minimum Gasteiger partial charge on any atom is -0.496 e. The number of ether oxygens (including phenoxy) is 1. The second-order valence-corrected chi connectivity index (χ2v) is 6.87. The summed E-state index contributed by atoms with van der Waals surface area (Å²) in [5.74, 6) is 0.886. The standard InChI is InChI=1S/C16H16Br2ClNO/c1-20-15(13-9-12(19)4-5-14(13)18)8-10-7-11(17)3-6-16(10)21-2/h3-7,9,15,20H,8H2,1-2H3. The Bertz CT molecular complexity index is 634. The Balaban J connectivity index is 2.35. The normalized spacial score (nSPS) is 12.2. The highest BCUT2D eigenvalue weighted by atomic mass is 79.9. The van der Waals surface area contributed by atoms with Crippen LogP contribution in [0.4, 0.5) is 0 Å². The molecule has 5 heteroatoms. The van der Waals surface area contributed by atoms with Crippen LogP contribution >= 0.6 is 43.5 Å². The van der Waals surface area contributed by atoms with Crippen molar-refractivity contribution in [3.63, 3.8) is 0 Å². The number of nitrogens with one attached hydrogen (secondary N) is 1. The average molecular weight is 434 g/mol. The maximum absolute atomic E-state index is 6.12. The van der Waals surface area contributed by atoms with Crippen LogP contribution in [0, 0.1) is 0 Å². The van der Waals surface area contributed by atoms with Gasteiger partial charge >= 0.3 is 0 Å². The number of halogens is 3. The van der Waals surface area contributed by atoms with Crippen molar-refractivity contribution < 1.29 is 4.74 Å². The van der Waals surface area contributed by atoms with Gasteiger partial charge in [-0.1, -0.05) is 43.5 Å². The van der Waals surface area contributed by atoms with Crippen LogP contribution in [0.2, 0.25) is 5.02 Å². The van der Waals surface area contributed by atoms with Gasteiger partial charge in [-0.15, -0.1) is 0 Å². The van der Waals surface area contributed by atoms with Crippen molar-refractivity contribution in [1.82, 2.24) is 5.32 Å². The molecule has 0 saturated heterocycles. The smallest absolute Gasteiger partial charge is 0.122 e. The van der Waals surface area contributed by atoms with Crippen molar-refractivity contribution in [2.75, 3.05) is 14.2 Å². The lowest BCUT2D eigenvalue weighted by molar-refractivity contribution is 0.406. The Labute approximate surface area is 147 Å². The lowest BCUT2D eigenvalue weighted by Crippen LogP contribution is -2.19. The molecule has 1 atom stereocenters. The summed E-state index contributed by atoms with van der Waals surface area (Å²) in [6.07, 6.45) is 0.804. The van der Waals surface area contributed by atoms with Gasteiger partial charge in [-0.25, -0.2) is 0 Å². The van der Waals surface area contributed by atoms with Gasteiger partial charge in [0.2, 0.25) is 0 Å². The van der Waals surface area contributed by atoms with E-state index in [1.807, 2.05) is 37.4 Å². The molecule has 0 bridgehead atoms. The van der Waals surface area contributed by atoms with Gasteiger partial charge in [0, 0.05) is 20.0 Å². The molecule has 0 spiro atoms. The van der Waals surface area contributed by atoms with Crippen LogP contribution in [0.5, 0.6) is 5.75 Å². The number of methoxy groups -OCH3 is 1. The van der Waals surface area contributed by atoms with E-state index in [1.54, 1.807) is 7.11 Å². The summed E-state index contributed by atoms with van der Waals surface area (Å²) in [6.45, 7) is 0. The third kappa shape index (κ3) is 4.22. The Morgan fingerprint density at radius 3 is 2.62 bits per heavy atom. The Morgan fingerprint density at radius 2 is 1.95 bits per heavy atom. The van der Waals surface area contributed by atoms with Crippen LogP contribution in [-0.4, -0.2) is 14.2 Å². The van der Waals surface area contributed by atoms with Crippen molar-refractivity contribution in [1.29, 1.82) is 0 Å². The second-order valence-electron chi connectivity index (χ2n) is 4.67. The van der Waals surface area contributed by atoms with Crippen LogP contribution in [0.1, 0.15) is 17.2 Å². The second kappa shape index (κ2) is 7.63. The van der Waals surface area contributed by atoms with Crippen LogP contribution in [0.25, 0.3) is 0 Å². The molecule has 2 aromatic rings. The maximum atomic E-state index is 6.12. The molecule has 0 aliphatic carbocycles. The largest absolute Gasteiger partial charge is 0.496 e. The van der Waals surface area contributed by atoms with Gasteiger partial charge in [0.1, 0.15) is 5.75 Å². The molecule has 0 aliphatic heterocycles. The van der Waals surface area contributed by atoms with Gasteiger partial charge in [0.25, 0.3) is 0 Å². The molecular weight excluding hydrogens is 417 g/mol. The Hall–Kier alpha value is -0.550. The van der Waals surface area contributed by atoms with Gasteiger partial charge in [-0.3, -0.25) is 0 Å². The molecule has 1 unspecified atom stereocenters. The van der Waals surface area contributed by atoms with Gasteiger partial charge in [0.15, 0.2) is 0 Å². The van der Waals surface area contributed by atoms with E-state index in [0.29, 0.717) is 0 Å². The van der Waals surface area contributed by atoms with E-state index in [2.05, 4.69) is 43.2 Å². The highest BCUT2D eigenvalue weighted by molar-refractivity contribution is 9.10. The summed E-state index contributed by atoms with van der Waals surface area (Å²) in [5, 5.41) is 4.08. The first kappa shape index (κ1) is 16.8. The fourth-order valence-corrected chi connectivity index (χ4v) is 3.39. The molecule has 2 aromatic carbocycles. The predicted octanol–water partition coefficient (Wildman–Crippen LogP) is 5.38. The Morgan fingerprint density at radius 1 is 1.19 bits per heavy atom. The zero-order valence-electron chi connectivity index (χ0n) is 11.8. The molecule has 0 radical (unpaired) electrons. The molecule has 112 valence electrons. The van der Waals surface area contributed by atoms with Crippen molar-refractivity contribution >= 4 is 43.5 Å². The third-order valence-corrected chi connectivity index (χ3v) is 4.80. The number of hydrogen-bond donors (Lipinski definition) is 1. The molecule has 1 N–H and O–H groups in total. The zero-order chi connectivity index (χ0) is 15.4. The van der Waals surface area contributed by atoms with E-state index in [0.717, 1.165) is 37.3 Å². The molecule has 2 nitrogen and oxygen atoms in total. The number of likely N-dealkylation sites (N-methyl/N-ethyl adjacent to an activating group) is 1. The van der Waals surface area contributed by atoms with Crippen LogP contribution in [0.15, 0.2) is 45.3 Å². The zero-order valence-corrected chi connectivity index (χ0v) is 15.7. The minimum absolute atomic E-state index is 0.140. The summed E-state index contributed by atoms with van der Waals surface area (Å²) in [4.78, 5) is 0. The molecule has 0 amide bonds. The molecule has 21 heavy (non-hydrogen) atoms. The number of benzene rings is 2. The lowest BCUT2D eigenvalue weighted by Gasteiger charge is -2.20. The highest BCUT2D eigenvalue weighted by Crippen LogP contribution is 2.32. The van der Waals surface area contributed by atoms with Crippen molar-refractivity contribution in [3.05, 3.63) is 61.5 Å². The number of hydrogen-bond acceptors (Lipinski definition) is 2. The minimum atomic E-state index is 0.140. The van der Waals surface area contributed by atoms with E-state index in [-0.39, 0.29) is 6.04 Å². The molecule has 0 heterocycles. The van der Waals surface area contributed by atoms with Gasteiger partial charge in [0.05, 0.1) is 7.11 Å². The average Bonchev–Trinajstić information content (AvgIpc) is 2.47.